The number of anilines is 2. The van der Waals surface area contributed by atoms with Crippen molar-refractivity contribution in [2.45, 2.75) is 61.1 Å². The number of fused-ring (bicyclic) bond motifs is 2. The number of carbonyl (C=O) groups excluding carboxylic acids is 2. The van der Waals surface area contributed by atoms with Crippen LogP contribution in [0.15, 0.2) is 52.3 Å². The van der Waals surface area contributed by atoms with Gasteiger partial charge in [0.25, 0.3) is 5.91 Å². The van der Waals surface area contributed by atoms with Gasteiger partial charge in [-0.3, -0.25) is 14.4 Å². The van der Waals surface area contributed by atoms with Crippen molar-refractivity contribution in [3.63, 3.8) is 0 Å². The summed E-state index contributed by atoms with van der Waals surface area (Å²) in [5.41, 5.74) is 2.30. The van der Waals surface area contributed by atoms with Crippen molar-refractivity contribution in [1.82, 2.24) is 10.6 Å². The highest BCUT2D eigenvalue weighted by molar-refractivity contribution is 7.99. The first kappa shape index (κ1) is 24.1. The molecule has 8 nitrogen and oxygen atoms in total. The van der Waals surface area contributed by atoms with Crippen molar-refractivity contribution in [3.8, 4) is 0 Å². The highest BCUT2D eigenvalue weighted by Gasteiger charge is 2.33. The Morgan fingerprint density at radius 2 is 1.91 bits per heavy atom. The minimum absolute atomic E-state index is 0.170. The number of ether oxygens (including phenoxy) is 1. The van der Waals surface area contributed by atoms with E-state index in [1.165, 1.54) is 0 Å². The maximum atomic E-state index is 13.1. The molecule has 4 N–H and O–H groups in total. The van der Waals surface area contributed by atoms with Crippen molar-refractivity contribution in [2.24, 2.45) is 5.92 Å². The SMILES string of the molecule is CC(C)C[C@@H](NC(=O)c1ccc2c(c1)Nc1ccccc1S2)C(=O)N[C@H]1CCO[C@H]1CC(=O)O. The summed E-state index contributed by atoms with van der Waals surface area (Å²) in [4.78, 5) is 39.4. The average Bonchev–Trinajstić information content (AvgIpc) is 3.22. The number of carbonyl (C=O) groups is 3. The molecule has 2 amide bonds. The molecule has 2 aromatic carbocycles. The van der Waals surface area contributed by atoms with E-state index < -0.39 is 18.1 Å². The number of amides is 2. The number of benzene rings is 2. The smallest absolute Gasteiger partial charge is 0.306 e. The first-order valence-corrected chi connectivity index (χ1v) is 12.2. The van der Waals surface area contributed by atoms with Gasteiger partial charge in [-0.15, -0.1) is 0 Å². The fraction of sp³-hybridized carbons (Fsp3) is 0.400. The number of aliphatic carboxylic acids is 1. The van der Waals surface area contributed by atoms with Crippen LogP contribution in [0.1, 0.15) is 43.5 Å². The lowest BCUT2D eigenvalue weighted by Crippen LogP contribution is -2.52. The molecule has 0 aliphatic carbocycles. The van der Waals surface area contributed by atoms with E-state index in [1.807, 2.05) is 44.2 Å². The van der Waals surface area contributed by atoms with Crippen LogP contribution in [0, 0.1) is 5.92 Å². The second-order valence-electron chi connectivity index (χ2n) is 9.00. The van der Waals surface area contributed by atoms with Crippen LogP contribution in [0.5, 0.6) is 0 Å². The zero-order chi connectivity index (χ0) is 24.2. The minimum Gasteiger partial charge on any atom is -0.481 e. The number of rotatable bonds is 8. The Hall–Kier alpha value is -3.04. The van der Waals surface area contributed by atoms with Gasteiger partial charge in [0.15, 0.2) is 0 Å². The number of carboxylic acids is 1. The van der Waals surface area contributed by atoms with E-state index in [1.54, 1.807) is 23.9 Å². The fourth-order valence-electron chi connectivity index (χ4n) is 4.20. The topological polar surface area (TPSA) is 117 Å². The van der Waals surface area contributed by atoms with Gasteiger partial charge in [-0.2, -0.15) is 0 Å². The first-order chi connectivity index (χ1) is 16.3. The van der Waals surface area contributed by atoms with E-state index >= 15 is 0 Å². The summed E-state index contributed by atoms with van der Waals surface area (Å²) in [6.45, 7) is 4.36. The molecule has 2 aliphatic heterocycles. The normalized spacial score (nSPS) is 19.5. The van der Waals surface area contributed by atoms with Crippen LogP contribution in [0.25, 0.3) is 0 Å². The second-order valence-corrected chi connectivity index (χ2v) is 10.1. The molecule has 0 radical (unpaired) electrons. The van der Waals surface area contributed by atoms with Crippen LogP contribution < -0.4 is 16.0 Å². The second kappa shape index (κ2) is 10.5. The van der Waals surface area contributed by atoms with Crippen LogP contribution in [-0.2, 0) is 14.3 Å². The van der Waals surface area contributed by atoms with Crippen LogP contribution in [0.2, 0.25) is 0 Å². The monoisotopic (exact) mass is 483 g/mol. The molecule has 0 bridgehead atoms. The number of nitrogens with one attached hydrogen (secondary N) is 3. The summed E-state index contributed by atoms with van der Waals surface area (Å²) in [6, 6.07) is 12.3. The molecular weight excluding hydrogens is 454 g/mol. The van der Waals surface area contributed by atoms with Gasteiger partial charge in [-0.1, -0.05) is 37.7 Å². The third kappa shape index (κ3) is 5.71. The van der Waals surface area contributed by atoms with Crippen LogP contribution in [-0.4, -0.2) is 47.7 Å². The molecule has 9 heteroatoms. The molecule has 1 fully saturated rings. The molecule has 2 heterocycles. The summed E-state index contributed by atoms with van der Waals surface area (Å²) in [6.07, 6.45) is 0.266. The molecule has 4 rings (SSSR count). The third-order valence-corrected chi connectivity index (χ3v) is 7.01. The Kier molecular flexibility index (Phi) is 7.43. The average molecular weight is 484 g/mol. The van der Waals surface area contributed by atoms with Gasteiger partial charge in [0.2, 0.25) is 5.91 Å². The van der Waals surface area contributed by atoms with Crippen molar-refractivity contribution in [1.29, 1.82) is 0 Å². The Morgan fingerprint density at radius 1 is 1.15 bits per heavy atom. The molecule has 0 aromatic heterocycles. The van der Waals surface area contributed by atoms with E-state index in [9.17, 15) is 14.4 Å². The summed E-state index contributed by atoms with van der Waals surface area (Å²) in [5.74, 6) is -1.46. The van der Waals surface area contributed by atoms with Crippen molar-refractivity contribution in [3.05, 3.63) is 48.0 Å². The lowest BCUT2D eigenvalue weighted by atomic mass is 10.0. The number of para-hydroxylation sites is 1. The lowest BCUT2D eigenvalue weighted by Gasteiger charge is -2.25. The first-order valence-electron chi connectivity index (χ1n) is 11.4. The quantitative estimate of drug-likeness (QED) is 0.385. The van der Waals surface area contributed by atoms with E-state index in [2.05, 4.69) is 16.0 Å². The fourth-order valence-corrected chi connectivity index (χ4v) is 5.16. The number of carboxylic acid groups (broad SMARTS) is 1. The van der Waals surface area contributed by atoms with Gasteiger partial charge < -0.3 is 25.8 Å². The van der Waals surface area contributed by atoms with Crippen molar-refractivity contribution >= 4 is 40.9 Å². The Balaban J connectivity index is 1.45. The van der Waals surface area contributed by atoms with E-state index in [0.29, 0.717) is 25.0 Å². The van der Waals surface area contributed by atoms with E-state index in [0.717, 1.165) is 21.2 Å². The Morgan fingerprint density at radius 3 is 2.68 bits per heavy atom. The van der Waals surface area contributed by atoms with E-state index in [-0.39, 0.29) is 30.2 Å². The van der Waals surface area contributed by atoms with Crippen molar-refractivity contribution < 1.29 is 24.2 Å². The summed E-state index contributed by atoms with van der Waals surface area (Å²) in [5, 5.41) is 18.2. The largest absolute Gasteiger partial charge is 0.481 e. The van der Waals surface area contributed by atoms with Crippen LogP contribution >= 0.6 is 11.8 Å². The zero-order valence-electron chi connectivity index (χ0n) is 19.2. The molecule has 0 saturated carbocycles. The Labute approximate surface area is 202 Å². The molecule has 180 valence electrons. The lowest BCUT2D eigenvalue weighted by molar-refractivity contribution is -0.140. The van der Waals surface area contributed by atoms with Gasteiger partial charge >= 0.3 is 5.97 Å². The van der Waals surface area contributed by atoms with Gasteiger partial charge in [0.1, 0.15) is 6.04 Å². The molecule has 1 saturated heterocycles. The van der Waals surface area contributed by atoms with Crippen LogP contribution in [0.4, 0.5) is 11.4 Å². The van der Waals surface area contributed by atoms with E-state index in [4.69, 9.17) is 9.84 Å². The molecule has 0 unspecified atom stereocenters. The predicted octanol–water partition coefficient (Wildman–Crippen LogP) is 3.79. The molecule has 0 spiro atoms. The standard InChI is InChI=1S/C25H29N3O5S/c1-14(2)11-19(25(32)27-16-9-10-33-20(16)13-23(29)30)28-24(31)15-7-8-22-18(12-15)26-17-5-3-4-6-21(17)34-22/h3-8,12,14,16,19-20,26H,9-11,13H2,1-2H3,(H,27,32)(H,28,31)(H,29,30)/t16-,19+,20-/m0/s1. The molecular formula is C25H29N3O5S. The van der Waals surface area contributed by atoms with Gasteiger partial charge in [0.05, 0.1) is 29.9 Å². The van der Waals surface area contributed by atoms with Crippen molar-refractivity contribution in [2.75, 3.05) is 11.9 Å². The summed E-state index contributed by atoms with van der Waals surface area (Å²) >= 11 is 1.64. The maximum absolute atomic E-state index is 13.1. The minimum atomic E-state index is -0.972. The van der Waals surface area contributed by atoms with Crippen LogP contribution in [0.3, 0.4) is 0 Å². The van der Waals surface area contributed by atoms with Gasteiger partial charge in [-0.05, 0) is 49.1 Å². The summed E-state index contributed by atoms with van der Waals surface area (Å²) < 4.78 is 5.47. The predicted molar refractivity (Wildman–Crippen MR) is 130 cm³/mol. The van der Waals surface area contributed by atoms with Gasteiger partial charge in [0, 0.05) is 22.0 Å². The molecule has 3 atom stereocenters. The summed E-state index contributed by atoms with van der Waals surface area (Å²) in [7, 11) is 0. The maximum Gasteiger partial charge on any atom is 0.306 e. The Bertz CT molecular complexity index is 1090. The highest BCUT2D eigenvalue weighted by atomic mass is 32.2. The highest BCUT2D eigenvalue weighted by Crippen LogP contribution is 2.44. The molecule has 2 aromatic rings. The zero-order valence-corrected chi connectivity index (χ0v) is 20.0. The molecule has 34 heavy (non-hydrogen) atoms. The molecule has 2 aliphatic rings. The number of hydrogen-bond donors (Lipinski definition) is 4. The number of hydrogen-bond acceptors (Lipinski definition) is 6. The van der Waals surface area contributed by atoms with Gasteiger partial charge in [-0.25, -0.2) is 0 Å². The third-order valence-electron chi connectivity index (χ3n) is 5.86.